The van der Waals surface area contributed by atoms with Crippen LogP contribution in [0.4, 0.5) is 4.39 Å². The molecule has 2 N–H and O–H groups in total. The number of nitrogens with zero attached hydrogens (tertiary/aromatic N) is 1. The van der Waals surface area contributed by atoms with E-state index < -0.39 is 17.3 Å². The Balaban J connectivity index is 3.19. The van der Waals surface area contributed by atoms with E-state index in [-0.39, 0.29) is 11.4 Å². The van der Waals surface area contributed by atoms with Crippen molar-refractivity contribution in [2.45, 2.75) is 0 Å². The molecule has 0 saturated carbocycles. The lowest BCUT2D eigenvalue weighted by molar-refractivity contribution is 0.0692. The van der Waals surface area contributed by atoms with Gasteiger partial charge in [0.05, 0.1) is 5.56 Å². The second kappa shape index (κ2) is 3.78. The fourth-order valence-electron chi connectivity index (χ4n) is 0.927. The van der Waals surface area contributed by atoms with Crippen LogP contribution < -0.4 is 0 Å². The van der Waals surface area contributed by atoms with Gasteiger partial charge >= 0.3 is 5.97 Å². The molecule has 0 aliphatic rings. The van der Waals surface area contributed by atoms with Crippen LogP contribution in [0.5, 0.6) is 0 Å². The summed E-state index contributed by atoms with van der Waals surface area (Å²) in [5, 5.41) is 15.7. The largest absolute Gasteiger partial charge is 0.478 e. The van der Waals surface area contributed by atoms with Gasteiger partial charge in [-0.3, -0.25) is 5.41 Å². The summed E-state index contributed by atoms with van der Waals surface area (Å²) in [5.41, 5.74) is -0.229. The summed E-state index contributed by atoms with van der Waals surface area (Å²) in [4.78, 5) is 13.7. The number of rotatable bonds is 2. The van der Waals surface area contributed by atoms with Gasteiger partial charge in [0.2, 0.25) is 0 Å². The lowest BCUT2D eigenvalue weighted by Gasteiger charge is -2.00. The zero-order valence-electron chi connectivity index (χ0n) is 7.12. The van der Waals surface area contributed by atoms with Crippen molar-refractivity contribution >= 4 is 18.5 Å². The van der Waals surface area contributed by atoms with Crippen LogP contribution in [0.2, 0.25) is 0 Å². The van der Waals surface area contributed by atoms with E-state index in [2.05, 4.69) is 11.7 Å². The number of aliphatic imine (C=N–C) groups is 1. The zero-order valence-corrected chi connectivity index (χ0v) is 7.12. The average molecular weight is 194 g/mol. The third-order valence-electron chi connectivity index (χ3n) is 1.63. The predicted molar refractivity (Wildman–Crippen MR) is 49.7 cm³/mol. The van der Waals surface area contributed by atoms with Gasteiger partial charge in [-0.05, 0) is 18.9 Å². The van der Waals surface area contributed by atoms with Crippen molar-refractivity contribution in [2.24, 2.45) is 4.99 Å². The molecule has 0 fully saturated rings. The van der Waals surface area contributed by atoms with Crippen LogP contribution in [0.25, 0.3) is 0 Å². The second-order valence-electron chi connectivity index (χ2n) is 2.51. The highest BCUT2D eigenvalue weighted by molar-refractivity contribution is 6.00. The molecule has 0 radical (unpaired) electrons. The molecule has 0 aliphatic carbocycles. The number of aromatic carboxylic acids is 1. The number of carboxylic acid groups (broad SMARTS) is 1. The molecule has 0 bridgehead atoms. The summed E-state index contributed by atoms with van der Waals surface area (Å²) in [5.74, 6) is -2.42. The van der Waals surface area contributed by atoms with E-state index in [1.54, 1.807) is 0 Å². The predicted octanol–water partition coefficient (Wildman–Crippen LogP) is 1.55. The van der Waals surface area contributed by atoms with Crippen LogP contribution in [0, 0.1) is 11.2 Å². The Hall–Kier alpha value is -2.04. The summed E-state index contributed by atoms with van der Waals surface area (Å²) >= 11 is 0. The molecule has 4 nitrogen and oxygen atoms in total. The Bertz CT molecular complexity index is 415. The first-order valence-electron chi connectivity index (χ1n) is 3.64. The molecule has 0 atom stereocenters. The molecule has 0 unspecified atom stereocenters. The average Bonchev–Trinajstić information content (AvgIpc) is 2.15. The van der Waals surface area contributed by atoms with E-state index >= 15 is 0 Å². The van der Waals surface area contributed by atoms with Gasteiger partial charge in [0.25, 0.3) is 0 Å². The zero-order chi connectivity index (χ0) is 10.7. The number of nitrogens with one attached hydrogen (secondary N) is 1. The molecule has 1 aromatic rings. The summed E-state index contributed by atoms with van der Waals surface area (Å²) in [7, 11) is 0. The molecule has 14 heavy (non-hydrogen) atoms. The standard InChI is InChI=1S/C9H7FN2O2/c1-12-8(11)5-2-3-6(9(13)14)7(10)4-5/h2-4,11H,1H2,(H,13,14). The Labute approximate surface area is 79.2 Å². The van der Waals surface area contributed by atoms with Crippen molar-refractivity contribution in [3.63, 3.8) is 0 Å². The summed E-state index contributed by atoms with van der Waals surface area (Å²) in [6.45, 7) is 3.11. The molecule has 0 aliphatic heterocycles. The molecule has 0 heterocycles. The minimum atomic E-state index is -1.34. The lowest BCUT2D eigenvalue weighted by Crippen LogP contribution is -2.03. The van der Waals surface area contributed by atoms with Crippen molar-refractivity contribution < 1.29 is 14.3 Å². The molecule has 0 aromatic heterocycles. The van der Waals surface area contributed by atoms with E-state index in [0.717, 1.165) is 12.1 Å². The minimum absolute atomic E-state index is 0.194. The fraction of sp³-hybridized carbons (Fsp3) is 0. The molecule has 0 amide bonds. The quantitative estimate of drug-likeness (QED) is 0.553. The lowest BCUT2D eigenvalue weighted by atomic mass is 10.1. The van der Waals surface area contributed by atoms with Crippen LogP contribution in [0.1, 0.15) is 15.9 Å². The van der Waals surface area contributed by atoms with E-state index in [9.17, 15) is 9.18 Å². The summed E-state index contributed by atoms with van der Waals surface area (Å²) in [6, 6.07) is 3.34. The van der Waals surface area contributed by atoms with E-state index in [1.165, 1.54) is 6.07 Å². The van der Waals surface area contributed by atoms with Crippen LogP contribution in [-0.2, 0) is 0 Å². The number of amidine groups is 1. The number of carboxylic acids is 1. The van der Waals surface area contributed by atoms with Gasteiger partial charge < -0.3 is 5.11 Å². The third-order valence-corrected chi connectivity index (χ3v) is 1.63. The Kier molecular flexibility index (Phi) is 2.71. The molecule has 1 aromatic carbocycles. The number of carbonyl (C=O) groups is 1. The van der Waals surface area contributed by atoms with Gasteiger partial charge in [0.1, 0.15) is 5.82 Å². The first kappa shape index (κ1) is 10.0. The third kappa shape index (κ3) is 1.82. The molecular formula is C9H7FN2O2. The topological polar surface area (TPSA) is 73.5 Å². The highest BCUT2D eigenvalue weighted by atomic mass is 19.1. The number of halogens is 1. The molecule has 5 heteroatoms. The highest BCUT2D eigenvalue weighted by Crippen LogP contribution is 2.11. The van der Waals surface area contributed by atoms with Crippen LogP contribution >= 0.6 is 0 Å². The molecule has 0 saturated heterocycles. The maximum Gasteiger partial charge on any atom is 0.338 e. The van der Waals surface area contributed by atoms with E-state index in [4.69, 9.17) is 10.5 Å². The van der Waals surface area contributed by atoms with Gasteiger partial charge in [-0.15, -0.1) is 0 Å². The molecular weight excluding hydrogens is 187 g/mol. The van der Waals surface area contributed by atoms with E-state index in [0.29, 0.717) is 0 Å². The van der Waals surface area contributed by atoms with Gasteiger partial charge in [0, 0.05) is 5.56 Å². The first-order valence-corrected chi connectivity index (χ1v) is 3.64. The number of hydrogen-bond donors (Lipinski definition) is 2. The second-order valence-corrected chi connectivity index (χ2v) is 2.51. The van der Waals surface area contributed by atoms with Gasteiger partial charge in [-0.2, -0.15) is 0 Å². The van der Waals surface area contributed by atoms with Crippen molar-refractivity contribution in [3.05, 3.63) is 35.1 Å². The van der Waals surface area contributed by atoms with Gasteiger partial charge in [0.15, 0.2) is 5.84 Å². The maximum absolute atomic E-state index is 13.1. The van der Waals surface area contributed by atoms with E-state index in [1.807, 2.05) is 0 Å². The van der Waals surface area contributed by atoms with Gasteiger partial charge in [-0.25, -0.2) is 14.2 Å². The summed E-state index contributed by atoms with van der Waals surface area (Å²) < 4.78 is 13.1. The first-order chi connectivity index (χ1) is 6.56. The molecule has 72 valence electrons. The van der Waals surface area contributed by atoms with Crippen molar-refractivity contribution in [1.29, 1.82) is 5.41 Å². The van der Waals surface area contributed by atoms with Crippen molar-refractivity contribution in [2.75, 3.05) is 0 Å². The normalized spacial score (nSPS) is 9.50. The number of hydrogen-bond acceptors (Lipinski definition) is 2. The fourth-order valence-corrected chi connectivity index (χ4v) is 0.927. The molecule has 1 rings (SSSR count). The maximum atomic E-state index is 13.1. The Morgan fingerprint density at radius 1 is 1.57 bits per heavy atom. The highest BCUT2D eigenvalue weighted by Gasteiger charge is 2.11. The van der Waals surface area contributed by atoms with Crippen LogP contribution in [0.3, 0.4) is 0 Å². The smallest absolute Gasteiger partial charge is 0.338 e. The Morgan fingerprint density at radius 3 is 2.64 bits per heavy atom. The molecule has 0 spiro atoms. The monoisotopic (exact) mass is 194 g/mol. The van der Waals surface area contributed by atoms with Crippen molar-refractivity contribution in [3.8, 4) is 0 Å². The Morgan fingerprint density at radius 2 is 2.21 bits per heavy atom. The van der Waals surface area contributed by atoms with Crippen molar-refractivity contribution in [1.82, 2.24) is 0 Å². The summed E-state index contributed by atoms with van der Waals surface area (Å²) in [6.07, 6.45) is 0. The van der Waals surface area contributed by atoms with Gasteiger partial charge in [-0.1, -0.05) is 6.07 Å². The SMILES string of the molecule is C=NC(=N)c1ccc(C(=O)O)c(F)c1. The minimum Gasteiger partial charge on any atom is -0.478 e. The number of benzene rings is 1. The van der Waals surface area contributed by atoms with Crippen LogP contribution in [0.15, 0.2) is 23.2 Å². The van der Waals surface area contributed by atoms with Crippen LogP contribution in [-0.4, -0.2) is 23.6 Å².